The highest BCUT2D eigenvalue weighted by Crippen LogP contribution is 2.34. The summed E-state index contributed by atoms with van der Waals surface area (Å²) < 4.78 is 31.5. The third-order valence-electron chi connectivity index (χ3n) is 5.41. The van der Waals surface area contributed by atoms with Gasteiger partial charge in [-0.3, -0.25) is 24.0 Å². The topological polar surface area (TPSA) is 139 Å². The summed E-state index contributed by atoms with van der Waals surface area (Å²) in [5, 5.41) is 14.5. The molecule has 0 aliphatic heterocycles. The molecule has 37 heavy (non-hydrogen) atoms. The lowest BCUT2D eigenvalue weighted by Gasteiger charge is -2.32. The van der Waals surface area contributed by atoms with Gasteiger partial charge in [0, 0.05) is 30.2 Å². The van der Waals surface area contributed by atoms with E-state index in [2.05, 4.69) is 5.32 Å². The molecule has 0 heterocycles. The number of non-ortho nitro benzene ring substituents is 1. The van der Waals surface area contributed by atoms with Gasteiger partial charge in [-0.2, -0.15) is 0 Å². The van der Waals surface area contributed by atoms with E-state index in [0.29, 0.717) is 17.1 Å². The quantitative estimate of drug-likeness (QED) is 0.314. The van der Waals surface area contributed by atoms with Crippen LogP contribution in [0.4, 0.5) is 11.4 Å². The van der Waals surface area contributed by atoms with Gasteiger partial charge < -0.3 is 15.0 Å². The zero-order valence-corrected chi connectivity index (χ0v) is 22.9. The first-order chi connectivity index (χ1) is 17.2. The van der Waals surface area contributed by atoms with Crippen molar-refractivity contribution in [2.24, 2.45) is 5.92 Å². The molecular formula is C24H31ClN4O7S. The Morgan fingerprint density at radius 2 is 1.84 bits per heavy atom. The minimum atomic E-state index is -4.11. The Morgan fingerprint density at radius 1 is 1.16 bits per heavy atom. The number of nitro groups is 1. The zero-order valence-electron chi connectivity index (χ0n) is 21.3. The van der Waals surface area contributed by atoms with Crippen LogP contribution in [0.15, 0.2) is 42.5 Å². The average Bonchev–Trinajstić information content (AvgIpc) is 2.82. The minimum absolute atomic E-state index is 0.0212. The molecule has 2 rings (SSSR count). The van der Waals surface area contributed by atoms with Crippen LogP contribution in [0, 0.1) is 16.0 Å². The van der Waals surface area contributed by atoms with Gasteiger partial charge >= 0.3 is 0 Å². The molecule has 1 N–H and O–H groups in total. The number of carbonyl (C=O) groups excluding carboxylic acids is 2. The molecule has 2 aromatic rings. The summed E-state index contributed by atoms with van der Waals surface area (Å²) in [4.78, 5) is 38.3. The lowest BCUT2D eigenvalue weighted by atomic mass is 10.1. The van der Waals surface area contributed by atoms with Gasteiger partial charge in [0.25, 0.3) is 5.69 Å². The predicted octanol–water partition coefficient (Wildman–Crippen LogP) is 3.21. The van der Waals surface area contributed by atoms with E-state index in [1.807, 2.05) is 13.8 Å². The molecule has 0 radical (unpaired) electrons. The third-order valence-corrected chi connectivity index (χ3v) is 6.78. The number of ether oxygens (including phenoxy) is 1. The number of carbonyl (C=O) groups is 2. The van der Waals surface area contributed by atoms with Crippen molar-refractivity contribution in [1.29, 1.82) is 0 Å². The molecule has 0 saturated carbocycles. The Balaban J connectivity index is 2.50. The molecule has 202 valence electrons. The first kappa shape index (κ1) is 29.8. The molecule has 1 atom stereocenters. The number of nitro benzene ring substituents is 1. The fraction of sp³-hybridized carbons (Fsp3) is 0.417. The zero-order chi connectivity index (χ0) is 27.9. The van der Waals surface area contributed by atoms with Crippen molar-refractivity contribution in [3.05, 3.63) is 63.2 Å². The van der Waals surface area contributed by atoms with Gasteiger partial charge in [-0.15, -0.1) is 0 Å². The van der Waals surface area contributed by atoms with Crippen molar-refractivity contribution in [2.45, 2.75) is 33.4 Å². The molecular weight excluding hydrogens is 524 g/mol. The van der Waals surface area contributed by atoms with Crippen LogP contribution in [-0.2, 0) is 26.2 Å². The third kappa shape index (κ3) is 8.32. The Kier molecular flexibility index (Phi) is 10.3. The fourth-order valence-corrected chi connectivity index (χ4v) is 4.51. The molecule has 2 aromatic carbocycles. The van der Waals surface area contributed by atoms with Gasteiger partial charge in [-0.05, 0) is 36.6 Å². The smallest absolute Gasteiger partial charge is 0.271 e. The number of hydrogen-bond acceptors (Lipinski definition) is 7. The van der Waals surface area contributed by atoms with E-state index in [-0.39, 0.29) is 29.6 Å². The molecule has 0 saturated heterocycles. The van der Waals surface area contributed by atoms with Gasteiger partial charge in [0.15, 0.2) is 0 Å². The highest BCUT2D eigenvalue weighted by molar-refractivity contribution is 7.92. The van der Waals surface area contributed by atoms with E-state index < -0.39 is 39.3 Å². The SMILES string of the molecule is COc1ccc([N+](=O)[O-])cc1N(CC(=O)N(Cc1cccc(Cl)c1)[C@H](C)C(=O)NCC(C)C)S(C)(=O)=O. The number of benzene rings is 2. The van der Waals surface area contributed by atoms with Crippen LogP contribution in [0.2, 0.25) is 5.02 Å². The lowest BCUT2D eigenvalue weighted by Crippen LogP contribution is -2.51. The summed E-state index contributed by atoms with van der Waals surface area (Å²) >= 11 is 6.09. The van der Waals surface area contributed by atoms with E-state index >= 15 is 0 Å². The molecule has 0 unspecified atom stereocenters. The maximum Gasteiger partial charge on any atom is 0.271 e. The lowest BCUT2D eigenvalue weighted by molar-refractivity contribution is -0.384. The van der Waals surface area contributed by atoms with E-state index in [1.165, 1.54) is 25.0 Å². The van der Waals surface area contributed by atoms with Crippen LogP contribution in [0.5, 0.6) is 5.75 Å². The molecule has 0 aliphatic rings. The number of halogens is 1. The van der Waals surface area contributed by atoms with E-state index in [4.69, 9.17) is 16.3 Å². The molecule has 0 aromatic heterocycles. The van der Waals surface area contributed by atoms with Gasteiger partial charge in [-0.25, -0.2) is 8.42 Å². The van der Waals surface area contributed by atoms with Crippen LogP contribution in [-0.4, -0.2) is 62.6 Å². The summed E-state index contributed by atoms with van der Waals surface area (Å²) in [6.45, 7) is 5.03. The first-order valence-electron chi connectivity index (χ1n) is 11.4. The summed E-state index contributed by atoms with van der Waals surface area (Å²) in [5.41, 5.74) is 0.0736. The number of sulfonamides is 1. The van der Waals surface area contributed by atoms with Gasteiger partial charge in [0.1, 0.15) is 24.0 Å². The molecule has 0 spiro atoms. The number of rotatable bonds is 12. The number of anilines is 1. The molecule has 0 aliphatic carbocycles. The summed E-state index contributed by atoms with van der Waals surface area (Å²) in [6.07, 6.45) is 0.874. The second-order valence-corrected chi connectivity index (χ2v) is 11.2. The van der Waals surface area contributed by atoms with E-state index in [1.54, 1.807) is 24.3 Å². The van der Waals surface area contributed by atoms with E-state index in [0.717, 1.165) is 22.7 Å². The van der Waals surface area contributed by atoms with Crippen molar-refractivity contribution in [2.75, 3.05) is 30.8 Å². The average molecular weight is 555 g/mol. The summed E-state index contributed by atoms with van der Waals surface area (Å²) in [6, 6.07) is 9.20. The van der Waals surface area contributed by atoms with Crippen molar-refractivity contribution < 1.29 is 27.7 Å². The van der Waals surface area contributed by atoms with E-state index in [9.17, 15) is 28.1 Å². The normalized spacial score (nSPS) is 12.1. The molecule has 13 heteroatoms. The largest absolute Gasteiger partial charge is 0.495 e. The second kappa shape index (κ2) is 12.7. The fourth-order valence-electron chi connectivity index (χ4n) is 3.45. The van der Waals surface area contributed by atoms with Crippen LogP contribution in [0.3, 0.4) is 0 Å². The number of hydrogen-bond donors (Lipinski definition) is 1. The monoisotopic (exact) mass is 554 g/mol. The number of methoxy groups -OCH3 is 1. The highest BCUT2D eigenvalue weighted by atomic mass is 35.5. The minimum Gasteiger partial charge on any atom is -0.495 e. The molecule has 0 bridgehead atoms. The Bertz CT molecular complexity index is 1250. The maximum absolute atomic E-state index is 13.6. The van der Waals surface area contributed by atoms with Gasteiger partial charge in [0.05, 0.1) is 18.3 Å². The molecule has 2 amide bonds. The molecule has 11 nitrogen and oxygen atoms in total. The van der Waals surface area contributed by atoms with Crippen molar-refractivity contribution >= 4 is 44.8 Å². The standard InChI is InChI=1S/C24H31ClN4O7S/c1-16(2)13-26-24(31)17(3)27(14-18-7-6-8-19(25)11-18)23(30)15-28(37(5,34)35)21-12-20(29(32)33)9-10-22(21)36-4/h6-12,16-17H,13-15H2,1-5H3,(H,26,31)/t17-/m1/s1. The number of nitrogens with one attached hydrogen (secondary N) is 1. The Hall–Kier alpha value is -3.38. The number of amides is 2. The second-order valence-electron chi connectivity index (χ2n) is 8.85. The van der Waals surface area contributed by atoms with Crippen LogP contribution >= 0.6 is 11.6 Å². The first-order valence-corrected chi connectivity index (χ1v) is 13.6. The Labute approximate surface area is 221 Å². The van der Waals surface area contributed by atoms with Gasteiger partial charge in [-0.1, -0.05) is 37.6 Å². The van der Waals surface area contributed by atoms with Crippen LogP contribution in [0.25, 0.3) is 0 Å². The molecule has 0 fully saturated rings. The number of nitrogens with zero attached hydrogens (tertiary/aromatic N) is 3. The maximum atomic E-state index is 13.6. The van der Waals surface area contributed by atoms with Crippen molar-refractivity contribution in [3.63, 3.8) is 0 Å². The Morgan fingerprint density at radius 3 is 2.38 bits per heavy atom. The van der Waals surface area contributed by atoms with Crippen molar-refractivity contribution in [3.8, 4) is 5.75 Å². The summed E-state index contributed by atoms with van der Waals surface area (Å²) in [5.74, 6) is -0.919. The van der Waals surface area contributed by atoms with Gasteiger partial charge in [0.2, 0.25) is 21.8 Å². The van der Waals surface area contributed by atoms with Crippen LogP contribution < -0.4 is 14.4 Å². The predicted molar refractivity (Wildman–Crippen MR) is 141 cm³/mol. The van der Waals surface area contributed by atoms with Crippen molar-refractivity contribution in [1.82, 2.24) is 10.2 Å². The summed E-state index contributed by atoms with van der Waals surface area (Å²) in [7, 11) is -2.83. The highest BCUT2D eigenvalue weighted by Gasteiger charge is 2.32. The van der Waals surface area contributed by atoms with Crippen LogP contribution in [0.1, 0.15) is 26.3 Å².